The molecule has 0 rings (SSSR count). The average Bonchev–Trinajstić information content (AvgIpc) is 2.32. The molecule has 0 bridgehead atoms. The number of rotatable bonds is 9. The van der Waals surface area contributed by atoms with E-state index in [0.29, 0.717) is 12.8 Å². The van der Waals surface area contributed by atoms with E-state index in [0.717, 1.165) is 0 Å². The third-order valence-electron chi connectivity index (χ3n) is 3.02. The van der Waals surface area contributed by atoms with Crippen LogP contribution in [0.3, 0.4) is 0 Å². The van der Waals surface area contributed by atoms with E-state index in [1.165, 1.54) is 4.90 Å². The van der Waals surface area contributed by atoms with Gasteiger partial charge in [0.15, 0.2) is 9.84 Å². The maximum Gasteiger partial charge on any atom is 0.303 e. The van der Waals surface area contributed by atoms with Crippen LogP contribution in [0.2, 0.25) is 0 Å². The average molecular weight is 293 g/mol. The van der Waals surface area contributed by atoms with Crippen LogP contribution in [0.15, 0.2) is 0 Å². The normalized spacial score (nSPS) is 13.0. The topological polar surface area (TPSA) is 91.8 Å². The lowest BCUT2D eigenvalue weighted by Gasteiger charge is -2.24. The van der Waals surface area contributed by atoms with Crippen molar-refractivity contribution in [1.82, 2.24) is 4.90 Å². The van der Waals surface area contributed by atoms with Crippen molar-refractivity contribution in [3.05, 3.63) is 0 Å². The van der Waals surface area contributed by atoms with Crippen molar-refractivity contribution in [1.29, 1.82) is 0 Å². The van der Waals surface area contributed by atoms with Crippen LogP contribution in [0.25, 0.3) is 0 Å². The molecule has 6 nitrogen and oxygen atoms in total. The minimum atomic E-state index is -3.11. The van der Waals surface area contributed by atoms with Crippen LogP contribution in [0.5, 0.6) is 0 Å². The lowest BCUT2D eigenvalue weighted by molar-refractivity contribution is -0.137. The fourth-order valence-electron chi connectivity index (χ4n) is 1.57. The Morgan fingerprint density at radius 3 is 2.21 bits per heavy atom. The van der Waals surface area contributed by atoms with Crippen LogP contribution in [0.4, 0.5) is 0 Å². The Kier molecular flexibility index (Phi) is 7.66. The highest BCUT2D eigenvalue weighted by Crippen LogP contribution is 2.07. The summed E-state index contributed by atoms with van der Waals surface area (Å²) in [5.41, 5.74) is 0. The van der Waals surface area contributed by atoms with E-state index in [1.807, 2.05) is 0 Å². The first kappa shape index (κ1) is 17.9. The number of nitrogens with zero attached hydrogens (tertiary/aromatic N) is 1. The molecule has 1 amide bonds. The molecule has 0 aliphatic carbocycles. The number of carboxylic acids is 1. The molecule has 0 aromatic heterocycles. The van der Waals surface area contributed by atoms with Crippen molar-refractivity contribution >= 4 is 21.7 Å². The number of carbonyl (C=O) groups excluding carboxylic acids is 1. The van der Waals surface area contributed by atoms with Gasteiger partial charge in [0.2, 0.25) is 5.91 Å². The van der Waals surface area contributed by atoms with E-state index in [-0.39, 0.29) is 36.3 Å². The standard InChI is InChI=1S/C12H23NO5S/c1-4-19(17,18)9-10(2)13(3)11(14)7-5-6-8-12(15)16/h10H,4-9H2,1-3H3,(H,15,16). The highest BCUT2D eigenvalue weighted by Gasteiger charge is 2.20. The second-order valence-electron chi connectivity index (χ2n) is 4.65. The highest BCUT2D eigenvalue weighted by molar-refractivity contribution is 7.91. The monoisotopic (exact) mass is 293 g/mol. The number of amides is 1. The molecule has 19 heavy (non-hydrogen) atoms. The van der Waals surface area contributed by atoms with Crippen molar-refractivity contribution in [2.45, 2.75) is 45.6 Å². The zero-order valence-electron chi connectivity index (χ0n) is 11.8. The van der Waals surface area contributed by atoms with Crippen molar-refractivity contribution in [3.63, 3.8) is 0 Å². The van der Waals surface area contributed by atoms with Crippen LogP contribution in [0, 0.1) is 0 Å². The Morgan fingerprint density at radius 2 is 1.74 bits per heavy atom. The van der Waals surface area contributed by atoms with Gasteiger partial charge in [-0.15, -0.1) is 0 Å². The molecular weight excluding hydrogens is 270 g/mol. The van der Waals surface area contributed by atoms with Crippen LogP contribution in [0.1, 0.15) is 39.5 Å². The summed E-state index contributed by atoms with van der Waals surface area (Å²) in [6.07, 6.45) is 1.26. The molecule has 7 heteroatoms. The first-order chi connectivity index (χ1) is 8.69. The summed E-state index contributed by atoms with van der Waals surface area (Å²) in [6, 6.07) is -0.364. The summed E-state index contributed by atoms with van der Waals surface area (Å²) in [6.45, 7) is 3.28. The molecular formula is C12H23NO5S. The fraction of sp³-hybridized carbons (Fsp3) is 0.833. The van der Waals surface area contributed by atoms with Crippen molar-refractivity contribution in [3.8, 4) is 0 Å². The summed E-state index contributed by atoms with van der Waals surface area (Å²) in [5.74, 6) is -0.994. The van der Waals surface area contributed by atoms with Crippen LogP contribution in [-0.2, 0) is 19.4 Å². The lowest BCUT2D eigenvalue weighted by Crippen LogP contribution is -2.39. The molecule has 1 unspecified atom stereocenters. The molecule has 0 saturated carbocycles. The van der Waals surface area contributed by atoms with E-state index in [2.05, 4.69) is 0 Å². The summed E-state index contributed by atoms with van der Waals surface area (Å²) < 4.78 is 22.9. The third kappa shape index (κ3) is 7.81. The predicted octanol–water partition coefficient (Wildman–Crippen LogP) is 0.913. The minimum absolute atomic E-state index is 0.0408. The molecule has 1 N–H and O–H groups in total. The van der Waals surface area contributed by atoms with Crippen LogP contribution >= 0.6 is 0 Å². The van der Waals surface area contributed by atoms with E-state index in [9.17, 15) is 18.0 Å². The Labute approximate surface area is 114 Å². The molecule has 0 aliphatic heterocycles. The van der Waals surface area contributed by atoms with Crippen molar-refractivity contribution in [2.24, 2.45) is 0 Å². The summed E-state index contributed by atoms with van der Waals surface area (Å²) >= 11 is 0. The van der Waals surface area contributed by atoms with Gasteiger partial charge in [-0.05, 0) is 19.8 Å². The maximum absolute atomic E-state index is 11.8. The zero-order valence-corrected chi connectivity index (χ0v) is 12.6. The van der Waals surface area contributed by atoms with Gasteiger partial charge in [0.25, 0.3) is 0 Å². The molecule has 1 atom stereocenters. The predicted molar refractivity (Wildman–Crippen MR) is 72.7 cm³/mol. The second-order valence-corrected chi connectivity index (χ2v) is 7.05. The van der Waals surface area contributed by atoms with Crippen LogP contribution in [-0.4, -0.2) is 54.9 Å². The Morgan fingerprint density at radius 1 is 1.21 bits per heavy atom. The van der Waals surface area contributed by atoms with Gasteiger partial charge in [-0.25, -0.2) is 8.42 Å². The molecule has 0 saturated heterocycles. The fourth-order valence-corrected chi connectivity index (χ4v) is 2.77. The Bertz CT molecular complexity index is 404. The Balaban J connectivity index is 4.14. The first-order valence-electron chi connectivity index (χ1n) is 6.37. The van der Waals surface area contributed by atoms with Gasteiger partial charge in [0, 0.05) is 31.7 Å². The van der Waals surface area contributed by atoms with Gasteiger partial charge in [-0.2, -0.15) is 0 Å². The van der Waals surface area contributed by atoms with Crippen molar-refractivity contribution in [2.75, 3.05) is 18.6 Å². The smallest absolute Gasteiger partial charge is 0.303 e. The Hall–Kier alpha value is -1.11. The van der Waals surface area contributed by atoms with Gasteiger partial charge < -0.3 is 10.0 Å². The molecule has 0 aromatic carbocycles. The van der Waals surface area contributed by atoms with Gasteiger partial charge in [-0.1, -0.05) is 6.92 Å². The largest absolute Gasteiger partial charge is 0.481 e. The van der Waals surface area contributed by atoms with E-state index in [1.54, 1.807) is 20.9 Å². The number of carbonyl (C=O) groups is 2. The molecule has 0 spiro atoms. The second kappa shape index (κ2) is 8.14. The molecule has 0 heterocycles. The summed E-state index contributed by atoms with van der Waals surface area (Å²) in [4.78, 5) is 23.5. The lowest BCUT2D eigenvalue weighted by atomic mass is 10.1. The van der Waals surface area contributed by atoms with Gasteiger partial charge in [0.1, 0.15) is 0 Å². The van der Waals surface area contributed by atoms with Crippen molar-refractivity contribution < 1.29 is 23.1 Å². The minimum Gasteiger partial charge on any atom is -0.481 e. The maximum atomic E-state index is 11.8. The highest BCUT2D eigenvalue weighted by atomic mass is 32.2. The SMILES string of the molecule is CCS(=O)(=O)CC(C)N(C)C(=O)CCCCC(=O)O. The molecule has 0 fully saturated rings. The van der Waals surface area contributed by atoms with E-state index in [4.69, 9.17) is 5.11 Å². The summed E-state index contributed by atoms with van der Waals surface area (Å²) in [5, 5.41) is 8.47. The van der Waals surface area contributed by atoms with Gasteiger partial charge >= 0.3 is 5.97 Å². The molecule has 0 radical (unpaired) electrons. The molecule has 0 aromatic rings. The molecule has 0 aliphatic rings. The van der Waals surface area contributed by atoms with Crippen LogP contribution < -0.4 is 0 Å². The summed E-state index contributed by atoms with van der Waals surface area (Å²) in [7, 11) is -1.53. The number of hydrogen-bond acceptors (Lipinski definition) is 4. The molecule has 112 valence electrons. The van der Waals surface area contributed by atoms with Gasteiger partial charge in [-0.3, -0.25) is 9.59 Å². The first-order valence-corrected chi connectivity index (χ1v) is 8.19. The van der Waals surface area contributed by atoms with E-state index < -0.39 is 15.8 Å². The third-order valence-corrected chi connectivity index (χ3v) is 4.89. The zero-order chi connectivity index (χ0) is 15.1. The number of unbranched alkanes of at least 4 members (excludes halogenated alkanes) is 1. The van der Waals surface area contributed by atoms with Gasteiger partial charge in [0.05, 0.1) is 5.75 Å². The van der Waals surface area contributed by atoms with E-state index >= 15 is 0 Å². The number of sulfone groups is 1. The number of hydrogen-bond donors (Lipinski definition) is 1. The number of aliphatic carboxylic acids is 1. The number of carboxylic acid groups (broad SMARTS) is 1. The quantitative estimate of drug-likeness (QED) is 0.638.